The summed E-state index contributed by atoms with van der Waals surface area (Å²) in [6, 6.07) is 3.87. The van der Waals surface area contributed by atoms with Crippen LogP contribution in [0.25, 0.3) is 0 Å². The number of hydrogen-bond donors (Lipinski definition) is 1. The first-order valence-corrected chi connectivity index (χ1v) is 5.41. The Balaban J connectivity index is 2.89. The summed E-state index contributed by atoms with van der Waals surface area (Å²) in [5.41, 5.74) is 0.544. The molecule has 1 rings (SSSR count). The van der Waals surface area contributed by atoms with E-state index < -0.39 is 18.1 Å². The van der Waals surface area contributed by atoms with E-state index in [4.69, 9.17) is 4.74 Å². The number of hydrogen-bond acceptors (Lipinski definition) is 3. The molecule has 0 radical (unpaired) electrons. The maximum atomic E-state index is 12.1. The van der Waals surface area contributed by atoms with Gasteiger partial charge in [0.1, 0.15) is 0 Å². The molecule has 0 saturated heterocycles. The number of anilines is 1. The van der Waals surface area contributed by atoms with Crippen LogP contribution in [-0.2, 0) is 9.53 Å². The van der Waals surface area contributed by atoms with Crippen molar-refractivity contribution in [3.63, 3.8) is 0 Å². The predicted octanol–water partition coefficient (Wildman–Crippen LogP) is 2.67. The number of amides is 1. The van der Waals surface area contributed by atoms with Crippen molar-refractivity contribution < 1.29 is 27.5 Å². The Hall–Kier alpha value is -2.05. The Bertz CT molecular complexity index is 497. The molecule has 19 heavy (non-hydrogen) atoms. The number of esters is 1. The maximum Gasteiger partial charge on any atom is 0.471 e. The van der Waals surface area contributed by atoms with E-state index in [9.17, 15) is 22.8 Å². The molecule has 0 heterocycles. The fourth-order valence-electron chi connectivity index (χ4n) is 1.34. The van der Waals surface area contributed by atoms with Crippen LogP contribution >= 0.6 is 0 Å². The van der Waals surface area contributed by atoms with Crippen molar-refractivity contribution in [3.05, 3.63) is 29.3 Å². The lowest BCUT2D eigenvalue weighted by molar-refractivity contribution is -0.167. The minimum atomic E-state index is -4.95. The third-order valence-electron chi connectivity index (χ3n) is 2.24. The summed E-state index contributed by atoms with van der Waals surface area (Å²) in [5.74, 6) is -2.63. The molecule has 0 aliphatic rings. The van der Waals surface area contributed by atoms with Gasteiger partial charge in [0.15, 0.2) is 0 Å². The van der Waals surface area contributed by atoms with Crippen molar-refractivity contribution >= 4 is 17.6 Å². The predicted molar refractivity (Wildman–Crippen MR) is 61.8 cm³/mol. The highest BCUT2D eigenvalue weighted by molar-refractivity contribution is 5.96. The zero-order chi connectivity index (χ0) is 14.6. The summed E-state index contributed by atoms with van der Waals surface area (Å²) >= 11 is 0. The fourth-order valence-corrected chi connectivity index (χ4v) is 1.34. The number of alkyl halides is 3. The van der Waals surface area contributed by atoms with Crippen molar-refractivity contribution in [1.29, 1.82) is 0 Å². The van der Waals surface area contributed by atoms with Crippen LogP contribution in [0.4, 0.5) is 18.9 Å². The van der Waals surface area contributed by atoms with Gasteiger partial charge in [0.05, 0.1) is 12.2 Å². The van der Waals surface area contributed by atoms with Gasteiger partial charge < -0.3 is 10.1 Å². The van der Waals surface area contributed by atoms with E-state index in [1.54, 1.807) is 12.2 Å². The summed E-state index contributed by atoms with van der Waals surface area (Å²) in [4.78, 5) is 22.2. The number of ether oxygens (including phenoxy) is 1. The zero-order valence-electron chi connectivity index (χ0n) is 10.3. The Morgan fingerprint density at radius 1 is 1.32 bits per heavy atom. The number of aryl methyl sites for hydroxylation is 1. The van der Waals surface area contributed by atoms with Gasteiger partial charge in [-0.05, 0) is 37.6 Å². The van der Waals surface area contributed by atoms with Gasteiger partial charge in [0.2, 0.25) is 0 Å². The van der Waals surface area contributed by atoms with Gasteiger partial charge in [-0.1, -0.05) is 0 Å². The third kappa shape index (κ3) is 3.97. The molecule has 0 aliphatic carbocycles. The number of halogens is 3. The van der Waals surface area contributed by atoms with Crippen LogP contribution in [-0.4, -0.2) is 24.7 Å². The molecular weight excluding hydrogens is 263 g/mol. The smallest absolute Gasteiger partial charge is 0.462 e. The highest BCUT2D eigenvalue weighted by Gasteiger charge is 2.38. The van der Waals surface area contributed by atoms with Crippen molar-refractivity contribution in [1.82, 2.24) is 0 Å². The zero-order valence-corrected chi connectivity index (χ0v) is 10.3. The van der Waals surface area contributed by atoms with Crippen LogP contribution in [0.3, 0.4) is 0 Å². The molecule has 0 spiro atoms. The molecule has 0 saturated carbocycles. The molecule has 1 aromatic carbocycles. The Labute approximate surface area is 107 Å². The quantitative estimate of drug-likeness (QED) is 0.863. The van der Waals surface area contributed by atoms with Crippen molar-refractivity contribution in [2.24, 2.45) is 0 Å². The summed E-state index contributed by atoms with van der Waals surface area (Å²) in [6.07, 6.45) is -4.95. The third-order valence-corrected chi connectivity index (χ3v) is 2.24. The largest absolute Gasteiger partial charge is 0.471 e. The minimum Gasteiger partial charge on any atom is -0.462 e. The minimum absolute atomic E-state index is 0.00428. The topological polar surface area (TPSA) is 55.4 Å². The first-order valence-electron chi connectivity index (χ1n) is 5.41. The number of rotatable bonds is 3. The average Bonchev–Trinajstić information content (AvgIpc) is 2.30. The highest BCUT2D eigenvalue weighted by atomic mass is 19.4. The molecule has 0 unspecified atom stereocenters. The second-order valence-electron chi connectivity index (χ2n) is 3.70. The lowest BCUT2D eigenvalue weighted by atomic mass is 10.1. The Kier molecular flexibility index (Phi) is 4.52. The summed E-state index contributed by atoms with van der Waals surface area (Å²) in [7, 11) is 0. The van der Waals surface area contributed by atoms with E-state index in [2.05, 4.69) is 0 Å². The lowest BCUT2D eigenvalue weighted by Gasteiger charge is -2.11. The Morgan fingerprint density at radius 2 is 1.95 bits per heavy atom. The molecular formula is C12H12F3NO3. The van der Waals surface area contributed by atoms with Crippen LogP contribution in [0.5, 0.6) is 0 Å². The molecule has 104 valence electrons. The second-order valence-corrected chi connectivity index (χ2v) is 3.70. The van der Waals surface area contributed by atoms with Crippen LogP contribution < -0.4 is 5.32 Å². The molecule has 4 nitrogen and oxygen atoms in total. The van der Waals surface area contributed by atoms with E-state index in [1.807, 2.05) is 0 Å². The molecule has 0 fully saturated rings. The van der Waals surface area contributed by atoms with E-state index in [0.717, 1.165) is 0 Å². The number of nitrogens with one attached hydrogen (secondary N) is 1. The van der Waals surface area contributed by atoms with Gasteiger partial charge in [-0.15, -0.1) is 0 Å². The molecule has 0 aromatic heterocycles. The van der Waals surface area contributed by atoms with Gasteiger partial charge in [-0.3, -0.25) is 4.79 Å². The second kappa shape index (κ2) is 5.73. The molecule has 0 atom stereocenters. The van der Waals surface area contributed by atoms with E-state index >= 15 is 0 Å². The number of carbonyl (C=O) groups excluding carboxylic acids is 2. The van der Waals surface area contributed by atoms with Gasteiger partial charge in [0, 0.05) is 5.69 Å². The first kappa shape index (κ1) is 15.0. The normalized spacial score (nSPS) is 11.0. The standard InChI is InChI=1S/C12H12F3NO3/c1-3-19-10(17)8-4-5-9(7(2)6-8)16-11(18)12(13,14)15/h4-6H,3H2,1-2H3,(H,16,18). The van der Waals surface area contributed by atoms with Gasteiger partial charge >= 0.3 is 18.1 Å². The SMILES string of the molecule is CCOC(=O)c1ccc(NC(=O)C(F)(F)F)c(C)c1. The van der Waals surface area contributed by atoms with Gasteiger partial charge in [0.25, 0.3) is 0 Å². The lowest BCUT2D eigenvalue weighted by Crippen LogP contribution is -2.30. The Morgan fingerprint density at radius 3 is 2.42 bits per heavy atom. The summed E-state index contributed by atoms with van der Waals surface area (Å²) in [6.45, 7) is 3.32. The fraction of sp³-hybridized carbons (Fsp3) is 0.333. The van der Waals surface area contributed by atoms with Crippen molar-refractivity contribution in [3.8, 4) is 0 Å². The summed E-state index contributed by atoms with van der Waals surface area (Å²) < 4.78 is 41.0. The molecule has 1 amide bonds. The highest BCUT2D eigenvalue weighted by Crippen LogP contribution is 2.21. The van der Waals surface area contributed by atoms with Crippen LogP contribution in [0.2, 0.25) is 0 Å². The van der Waals surface area contributed by atoms with Gasteiger partial charge in [-0.2, -0.15) is 13.2 Å². The molecule has 1 N–H and O–H groups in total. The van der Waals surface area contributed by atoms with Crippen LogP contribution in [0.1, 0.15) is 22.8 Å². The molecule has 0 aliphatic heterocycles. The average molecular weight is 275 g/mol. The van der Waals surface area contributed by atoms with Gasteiger partial charge in [-0.25, -0.2) is 4.79 Å². The first-order chi connectivity index (χ1) is 8.75. The van der Waals surface area contributed by atoms with E-state index in [-0.39, 0.29) is 17.9 Å². The van der Waals surface area contributed by atoms with E-state index in [0.29, 0.717) is 5.56 Å². The molecule has 0 bridgehead atoms. The molecule has 1 aromatic rings. The van der Waals surface area contributed by atoms with Crippen LogP contribution in [0.15, 0.2) is 18.2 Å². The summed E-state index contributed by atoms with van der Waals surface area (Å²) in [5, 5.41) is 1.73. The van der Waals surface area contributed by atoms with Crippen molar-refractivity contribution in [2.75, 3.05) is 11.9 Å². The van der Waals surface area contributed by atoms with Crippen molar-refractivity contribution in [2.45, 2.75) is 20.0 Å². The number of benzene rings is 1. The monoisotopic (exact) mass is 275 g/mol. The molecule has 7 heteroatoms. The van der Waals surface area contributed by atoms with E-state index in [1.165, 1.54) is 25.1 Å². The maximum absolute atomic E-state index is 12.1. The van der Waals surface area contributed by atoms with Crippen LogP contribution in [0, 0.1) is 6.92 Å². The number of carbonyl (C=O) groups is 2.